The van der Waals surface area contributed by atoms with Crippen molar-refractivity contribution in [1.82, 2.24) is 0 Å². The van der Waals surface area contributed by atoms with Gasteiger partial charge in [-0.3, -0.25) is 0 Å². The second-order valence-corrected chi connectivity index (χ2v) is 11.4. The first-order valence-electron chi connectivity index (χ1n) is 9.88. The molecule has 5 rings (SSSR count). The van der Waals surface area contributed by atoms with Gasteiger partial charge in [-0.15, -0.1) is 0 Å². The Hall–Kier alpha value is -1.60. The molecule has 1 aromatic heterocycles. The Morgan fingerprint density at radius 1 is 0.900 bits per heavy atom. The Morgan fingerprint density at radius 3 is 2.37 bits per heavy atom. The predicted octanol–water partition coefficient (Wildman–Crippen LogP) is 8.50. The van der Waals surface area contributed by atoms with E-state index in [1.807, 2.05) is 13.0 Å². The number of halogens is 2. The molecule has 3 aromatic carbocycles. The van der Waals surface area contributed by atoms with Gasteiger partial charge < -0.3 is 4.42 Å². The van der Waals surface area contributed by atoms with Crippen molar-refractivity contribution in [2.45, 2.75) is 27.2 Å². The Morgan fingerprint density at radius 2 is 1.63 bits per heavy atom. The average Bonchev–Trinajstić information content (AvgIpc) is 3.35. The van der Waals surface area contributed by atoms with Crippen molar-refractivity contribution in [2.75, 3.05) is 0 Å². The average molecular weight is 513 g/mol. The van der Waals surface area contributed by atoms with Gasteiger partial charge in [0.1, 0.15) is 11.5 Å². The molecule has 4 heteroatoms. The SMILES string of the molecule is Cc1ccc(C2=Cc3c(cc(C)c(C)c3-c3cccc4ccccc34)C2)o1.[Cl][Zr][Cl]. The van der Waals surface area contributed by atoms with Gasteiger partial charge in [0.25, 0.3) is 0 Å². The van der Waals surface area contributed by atoms with Gasteiger partial charge in [-0.05, 0) is 88.7 Å². The van der Waals surface area contributed by atoms with Crippen LogP contribution in [0, 0.1) is 20.8 Å². The van der Waals surface area contributed by atoms with Crippen LogP contribution in [0.4, 0.5) is 0 Å². The number of hydrogen-bond donors (Lipinski definition) is 0. The van der Waals surface area contributed by atoms with Gasteiger partial charge in [0.05, 0.1) is 0 Å². The van der Waals surface area contributed by atoms with Crippen molar-refractivity contribution < 1.29 is 25.3 Å². The molecule has 0 amide bonds. The van der Waals surface area contributed by atoms with Crippen LogP contribution in [-0.4, -0.2) is 0 Å². The zero-order valence-electron chi connectivity index (χ0n) is 17.2. The molecule has 4 aromatic rings. The first kappa shape index (κ1) is 21.6. The Balaban J connectivity index is 0.000000687. The molecule has 0 aliphatic heterocycles. The summed E-state index contributed by atoms with van der Waals surface area (Å²) >= 11 is -0.826. The van der Waals surface area contributed by atoms with Crippen molar-refractivity contribution in [3.8, 4) is 11.1 Å². The van der Waals surface area contributed by atoms with E-state index in [1.54, 1.807) is 0 Å². The zero-order valence-corrected chi connectivity index (χ0v) is 21.2. The molecule has 0 saturated carbocycles. The summed E-state index contributed by atoms with van der Waals surface area (Å²) in [6, 6.07) is 21.8. The zero-order chi connectivity index (χ0) is 21.3. The van der Waals surface area contributed by atoms with Crippen molar-refractivity contribution in [3.05, 3.63) is 94.4 Å². The third-order valence-corrected chi connectivity index (χ3v) is 5.79. The maximum atomic E-state index is 5.91. The first-order valence-corrected chi connectivity index (χ1v) is 16.2. The van der Waals surface area contributed by atoms with E-state index in [0.717, 1.165) is 17.9 Å². The third-order valence-electron chi connectivity index (χ3n) is 5.79. The van der Waals surface area contributed by atoms with Crippen LogP contribution in [0.1, 0.15) is 33.8 Å². The summed E-state index contributed by atoms with van der Waals surface area (Å²) in [6.45, 7) is 6.47. The standard InChI is InChI=1S/C26H22O.2ClH.Zr/c1-16-13-20-14-21(25-12-11-17(2)27-25)15-24(20)26(18(16)3)23-10-6-8-19-7-4-5-9-22(19)23;;;/h4-13,15H,14H2,1-3H3;2*1H;/q;;;+2/p-2. The van der Waals surface area contributed by atoms with E-state index in [1.165, 1.54) is 49.7 Å². The van der Waals surface area contributed by atoms with Gasteiger partial charge in [-0.1, -0.05) is 48.5 Å². The number of allylic oxidation sites excluding steroid dienone is 1. The van der Waals surface area contributed by atoms with Crippen molar-refractivity contribution in [3.63, 3.8) is 0 Å². The number of hydrogen-bond acceptors (Lipinski definition) is 1. The molecule has 0 spiro atoms. The van der Waals surface area contributed by atoms with Crippen LogP contribution in [-0.2, 0) is 27.3 Å². The summed E-state index contributed by atoms with van der Waals surface area (Å²) in [7, 11) is 9.87. The van der Waals surface area contributed by atoms with Crippen LogP contribution < -0.4 is 0 Å². The molecule has 30 heavy (non-hydrogen) atoms. The van der Waals surface area contributed by atoms with Crippen molar-refractivity contribution in [1.29, 1.82) is 0 Å². The topological polar surface area (TPSA) is 13.1 Å². The molecule has 1 heterocycles. The fraction of sp³-hybridized carbons (Fsp3) is 0.154. The quantitative estimate of drug-likeness (QED) is 0.262. The predicted molar refractivity (Wildman–Crippen MR) is 126 cm³/mol. The molecule has 150 valence electrons. The summed E-state index contributed by atoms with van der Waals surface area (Å²) in [5, 5.41) is 2.60. The summed E-state index contributed by atoms with van der Waals surface area (Å²) in [4.78, 5) is 0. The van der Waals surface area contributed by atoms with E-state index in [9.17, 15) is 0 Å². The normalized spacial score (nSPS) is 12.2. The fourth-order valence-corrected chi connectivity index (χ4v) is 4.30. The Kier molecular flexibility index (Phi) is 6.68. The molecule has 0 unspecified atom stereocenters. The van der Waals surface area contributed by atoms with E-state index in [-0.39, 0.29) is 0 Å². The minimum absolute atomic E-state index is 0.826. The summed E-state index contributed by atoms with van der Waals surface area (Å²) in [5.41, 5.74) is 9.40. The van der Waals surface area contributed by atoms with Gasteiger partial charge in [0.2, 0.25) is 0 Å². The van der Waals surface area contributed by atoms with Crippen LogP contribution in [0.25, 0.3) is 33.5 Å². The second kappa shape index (κ2) is 9.27. The van der Waals surface area contributed by atoms with Crippen molar-refractivity contribution >= 4 is 39.4 Å². The molecule has 0 atom stereocenters. The van der Waals surface area contributed by atoms with Crippen LogP contribution in [0.2, 0.25) is 0 Å². The molecule has 0 fully saturated rings. The molecular weight excluding hydrogens is 490 g/mol. The summed E-state index contributed by atoms with van der Waals surface area (Å²) in [6.07, 6.45) is 3.26. The molecular formula is C26H22Cl2OZr. The molecule has 0 radical (unpaired) electrons. The van der Waals surface area contributed by atoms with Gasteiger partial charge in [-0.2, -0.15) is 0 Å². The van der Waals surface area contributed by atoms with Gasteiger partial charge in [0, 0.05) is 6.42 Å². The summed E-state index contributed by atoms with van der Waals surface area (Å²) < 4.78 is 5.91. The van der Waals surface area contributed by atoms with E-state index in [0.29, 0.717) is 0 Å². The number of furan rings is 1. The molecule has 1 aliphatic rings. The molecule has 0 bridgehead atoms. The monoisotopic (exact) mass is 510 g/mol. The number of rotatable bonds is 2. The van der Waals surface area contributed by atoms with Crippen LogP contribution in [0.15, 0.2) is 65.1 Å². The van der Waals surface area contributed by atoms with E-state index >= 15 is 0 Å². The maximum absolute atomic E-state index is 5.91. The summed E-state index contributed by atoms with van der Waals surface area (Å²) in [5.74, 6) is 1.95. The number of benzene rings is 3. The Bertz CT molecular complexity index is 1250. The van der Waals surface area contributed by atoms with Crippen LogP contribution in [0.5, 0.6) is 0 Å². The molecule has 0 N–H and O–H groups in total. The number of aryl methyl sites for hydroxylation is 2. The van der Waals surface area contributed by atoms with E-state index in [4.69, 9.17) is 21.4 Å². The molecule has 1 nitrogen and oxygen atoms in total. The fourth-order valence-electron chi connectivity index (χ4n) is 4.30. The Labute approximate surface area is 196 Å². The minimum atomic E-state index is -0.826. The molecule has 0 saturated heterocycles. The van der Waals surface area contributed by atoms with Gasteiger partial charge in [-0.25, -0.2) is 0 Å². The van der Waals surface area contributed by atoms with E-state index in [2.05, 4.69) is 74.5 Å². The van der Waals surface area contributed by atoms with Crippen molar-refractivity contribution in [2.24, 2.45) is 0 Å². The van der Waals surface area contributed by atoms with Gasteiger partial charge in [0.15, 0.2) is 0 Å². The van der Waals surface area contributed by atoms with E-state index < -0.39 is 20.8 Å². The van der Waals surface area contributed by atoms with Crippen LogP contribution in [0.3, 0.4) is 0 Å². The van der Waals surface area contributed by atoms with Crippen LogP contribution >= 0.6 is 17.0 Å². The van der Waals surface area contributed by atoms with Gasteiger partial charge >= 0.3 is 37.9 Å². The third kappa shape index (κ3) is 4.11. The molecule has 1 aliphatic carbocycles. The second-order valence-electron chi connectivity index (χ2n) is 7.62. The first-order chi connectivity index (χ1) is 14.5. The number of fused-ring (bicyclic) bond motifs is 2.